The zero-order valence-corrected chi connectivity index (χ0v) is 17.8. The van der Waals surface area contributed by atoms with Crippen LogP contribution in [0.25, 0.3) is 0 Å². The highest BCUT2D eigenvalue weighted by atomic mass is 16.4. The van der Waals surface area contributed by atoms with Crippen LogP contribution in [0.2, 0.25) is 5.82 Å². The molecule has 4 fully saturated rings. The number of nitrogens with zero attached hydrogens (tertiary/aromatic N) is 1. The molecule has 0 aromatic rings. The normalized spacial score (nSPS) is 39.1. The Bertz CT molecular complexity index is 555. The van der Waals surface area contributed by atoms with Gasteiger partial charge in [0.1, 0.15) is 0 Å². The first-order valence-corrected chi connectivity index (χ1v) is 12.1. The van der Waals surface area contributed by atoms with Crippen molar-refractivity contribution in [3.8, 4) is 0 Å². The Hall–Kier alpha value is -0.625. The zero-order valence-electron chi connectivity index (χ0n) is 17.8. The smallest absolute Gasteiger partial charge is 0.427 e. The van der Waals surface area contributed by atoms with Crippen LogP contribution in [0.15, 0.2) is 0 Å². The number of likely N-dealkylation sites (tertiary alicyclic amines) is 1. The van der Waals surface area contributed by atoms with E-state index in [1.165, 1.54) is 25.7 Å². The summed E-state index contributed by atoms with van der Waals surface area (Å²) in [6, 6.07) is 0. The minimum absolute atomic E-state index is 0.182. The van der Waals surface area contributed by atoms with Crippen molar-refractivity contribution in [1.82, 2.24) is 10.2 Å². The minimum atomic E-state index is -1.39. The zero-order chi connectivity index (χ0) is 20.4. The number of fused-ring (bicyclic) bond motifs is 1. The molecule has 2 saturated heterocycles. The molecule has 6 atom stereocenters. The molecular formula is C22H40BN3O3. The molecule has 2 saturated carbocycles. The van der Waals surface area contributed by atoms with Crippen molar-refractivity contribution >= 4 is 13.0 Å². The van der Waals surface area contributed by atoms with Gasteiger partial charge in [0.05, 0.1) is 0 Å². The second-order valence-electron chi connectivity index (χ2n) is 10.3. The molecular weight excluding hydrogens is 365 g/mol. The lowest BCUT2D eigenvalue weighted by atomic mass is 9.51. The van der Waals surface area contributed by atoms with Crippen molar-refractivity contribution in [2.24, 2.45) is 41.2 Å². The van der Waals surface area contributed by atoms with E-state index in [-0.39, 0.29) is 23.6 Å². The summed E-state index contributed by atoms with van der Waals surface area (Å²) in [6.45, 7) is 4.37. The summed E-state index contributed by atoms with van der Waals surface area (Å²) >= 11 is 0. The summed E-state index contributed by atoms with van der Waals surface area (Å²) in [4.78, 5) is 15.4. The number of nitrogens with one attached hydrogen (secondary N) is 1. The maximum atomic E-state index is 13.4. The summed E-state index contributed by atoms with van der Waals surface area (Å²) < 4.78 is 0. The van der Waals surface area contributed by atoms with E-state index < -0.39 is 7.12 Å². The summed E-state index contributed by atoms with van der Waals surface area (Å²) in [5, 5.41) is 23.7. The van der Waals surface area contributed by atoms with Crippen LogP contribution in [-0.2, 0) is 4.79 Å². The Labute approximate surface area is 176 Å². The molecule has 0 bridgehead atoms. The van der Waals surface area contributed by atoms with Gasteiger partial charge < -0.3 is 26.0 Å². The van der Waals surface area contributed by atoms with Crippen LogP contribution in [0.4, 0.5) is 0 Å². The molecule has 4 aliphatic rings. The van der Waals surface area contributed by atoms with Gasteiger partial charge in [0, 0.05) is 24.8 Å². The molecule has 1 amide bonds. The fourth-order valence-corrected chi connectivity index (χ4v) is 7.17. The highest BCUT2D eigenvalue weighted by molar-refractivity contribution is 6.44. The van der Waals surface area contributed by atoms with Gasteiger partial charge in [0.15, 0.2) is 0 Å². The Balaban J connectivity index is 1.35. The molecule has 2 heterocycles. The number of piperidine rings is 2. The first-order chi connectivity index (χ1) is 14.1. The van der Waals surface area contributed by atoms with Crippen molar-refractivity contribution in [3.05, 3.63) is 0 Å². The number of carbonyl (C=O) groups excluding carboxylic acids is 1. The molecule has 4 rings (SSSR count). The van der Waals surface area contributed by atoms with Crippen LogP contribution < -0.4 is 11.1 Å². The largest absolute Gasteiger partial charge is 0.455 e. The van der Waals surface area contributed by atoms with Crippen LogP contribution in [0, 0.1) is 35.5 Å². The molecule has 0 aromatic carbocycles. The topological polar surface area (TPSA) is 98.8 Å². The van der Waals surface area contributed by atoms with E-state index in [0.29, 0.717) is 11.8 Å². The van der Waals surface area contributed by atoms with E-state index in [1.54, 1.807) is 0 Å². The lowest BCUT2D eigenvalue weighted by molar-refractivity contribution is -0.140. The molecule has 7 heteroatoms. The van der Waals surface area contributed by atoms with Gasteiger partial charge in [-0.15, -0.1) is 0 Å². The Morgan fingerprint density at radius 2 is 1.79 bits per heavy atom. The molecule has 2 aliphatic heterocycles. The predicted molar refractivity (Wildman–Crippen MR) is 115 cm³/mol. The minimum Gasteiger partial charge on any atom is -0.427 e. The second-order valence-corrected chi connectivity index (χ2v) is 10.3. The highest BCUT2D eigenvalue weighted by Crippen LogP contribution is 2.47. The van der Waals surface area contributed by atoms with Crippen LogP contribution >= 0.6 is 0 Å². The van der Waals surface area contributed by atoms with Gasteiger partial charge in [-0.05, 0) is 94.2 Å². The van der Waals surface area contributed by atoms with Crippen molar-refractivity contribution in [2.45, 2.75) is 63.6 Å². The number of amides is 1. The molecule has 2 aliphatic carbocycles. The van der Waals surface area contributed by atoms with Gasteiger partial charge >= 0.3 is 7.12 Å². The first kappa shape index (κ1) is 21.6. The summed E-state index contributed by atoms with van der Waals surface area (Å²) in [5.74, 6) is 2.60. The van der Waals surface area contributed by atoms with E-state index in [0.717, 1.165) is 76.7 Å². The summed E-state index contributed by atoms with van der Waals surface area (Å²) in [7, 11) is -1.39. The van der Waals surface area contributed by atoms with Gasteiger partial charge in [-0.25, -0.2) is 0 Å². The lowest BCUT2D eigenvalue weighted by Gasteiger charge is -2.47. The van der Waals surface area contributed by atoms with E-state index in [4.69, 9.17) is 5.73 Å². The van der Waals surface area contributed by atoms with Gasteiger partial charge in [-0.3, -0.25) is 4.79 Å². The maximum absolute atomic E-state index is 13.4. The van der Waals surface area contributed by atoms with Crippen molar-refractivity contribution in [2.75, 3.05) is 32.7 Å². The Kier molecular flexibility index (Phi) is 7.20. The number of carbonyl (C=O) groups is 1. The van der Waals surface area contributed by atoms with Crippen LogP contribution in [0.5, 0.6) is 0 Å². The van der Waals surface area contributed by atoms with Gasteiger partial charge in [0.2, 0.25) is 5.91 Å². The second kappa shape index (κ2) is 9.67. The quantitative estimate of drug-likeness (QED) is 0.531. The average Bonchev–Trinajstić information content (AvgIpc) is 2.77. The third-order valence-corrected chi connectivity index (χ3v) is 8.81. The number of nitrogens with two attached hydrogens (primary N) is 1. The fourth-order valence-electron chi connectivity index (χ4n) is 7.17. The van der Waals surface area contributed by atoms with E-state index >= 15 is 0 Å². The predicted octanol–water partition coefficient (Wildman–Crippen LogP) is 1.47. The van der Waals surface area contributed by atoms with Crippen LogP contribution in [-0.4, -0.2) is 60.7 Å². The SMILES string of the molecule is NCC1CCCC(C2CCN(C(=O)C3CCC4CNCCC4C3B(O)O)CC2)C1. The molecule has 6 unspecified atom stereocenters. The van der Waals surface area contributed by atoms with Crippen LogP contribution in [0.1, 0.15) is 57.8 Å². The molecule has 5 N–H and O–H groups in total. The molecule has 29 heavy (non-hydrogen) atoms. The van der Waals surface area contributed by atoms with Gasteiger partial charge in [-0.1, -0.05) is 12.8 Å². The van der Waals surface area contributed by atoms with E-state index in [1.807, 2.05) is 4.90 Å². The summed E-state index contributed by atoms with van der Waals surface area (Å²) in [6.07, 6.45) is 10.2. The van der Waals surface area contributed by atoms with Gasteiger partial charge in [0.25, 0.3) is 0 Å². The fraction of sp³-hybridized carbons (Fsp3) is 0.955. The Morgan fingerprint density at radius 3 is 2.52 bits per heavy atom. The number of hydrogen-bond acceptors (Lipinski definition) is 5. The highest BCUT2D eigenvalue weighted by Gasteiger charge is 2.49. The van der Waals surface area contributed by atoms with Crippen molar-refractivity contribution in [1.29, 1.82) is 0 Å². The Morgan fingerprint density at radius 1 is 1.00 bits per heavy atom. The monoisotopic (exact) mass is 405 g/mol. The first-order valence-electron chi connectivity index (χ1n) is 12.1. The van der Waals surface area contributed by atoms with E-state index in [2.05, 4.69) is 5.32 Å². The standard InChI is InChI=1S/C22H40BN3O3/c24-13-15-2-1-3-17(12-15)16-7-10-26(11-8-16)22(27)20-5-4-18-14-25-9-6-19(18)21(20)23(28)29/h15-21,25,28-29H,1-14,24H2. The number of hydrogen-bond donors (Lipinski definition) is 4. The third kappa shape index (κ3) is 4.68. The summed E-state index contributed by atoms with van der Waals surface area (Å²) in [5.41, 5.74) is 5.93. The molecule has 164 valence electrons. The van der Waals surface area contributed by atoms with E-state index in [9.17, 15) is 14.8 Å². The average molecular weight is 405 g/mol. The molecule has 6 nitrogen and oxygen atoms in total. The molecule has 0 spiro atoms. The van der Waals surface area contributed by atoms with Crippen molar-refractivity contribution in [3.63, 3.8) is 0 Å². The maximum Gasteiger partial charge on any atom is 0.455 e. The number of rotatable bonds is 4. The van der Waals surface area contributed by atoms with Gasteiger partial charge in [-0.2, -0.15) is 0 Å². The molecule has 0 aromatic heterocycles. The third-order valence-electron chi connectivity index (χ3n) is 8.81. The molecule has 0 radical (unpaired) electrons. The van der Waals surface area contributed by atoms with Crippen LogP contribution in [0.3, 0.4) is 0 Å². The lowest BCUT2D eigenvalue weighted by Crippen LogP contribution is -2.52. The van der Waals surface area contributed by atoms with Crippen molar-refractivity contribution < 1.29 is 14.8 Å².